The van der Waals surface area contributed by atoms with E-state index >= 15 is 0 Å². The third-order valence-electron chi connectivity index (χ3n) is 2.81. The summed E-state index contributed by atoms with van der Waals surface area (Å²) in [6.45, 7) is 1.96. The summed E-state index contributed by atoms with van der Waals surface area (Å²) in [5.74, 6) is 1.13. The highest BCUT2D eigenvalue weighted by atomic mass is 32.2. The molecule has 0 spiro atoms. The van der Waals surface area contributed by atoms with E-state index in [1.54, 1.807) is 12.5 Å². The van der Waals surface area contributed by atoms with Crippen molar-refractivity contribution in [3.05, 3.63) is 18.2 Å². The summed E-state index contributed by atoms with van der Waals surface area (Å²) in [5, 5.41) is 2.89. The zero-order valence-corrected chi connectivity index (χ0v) is 12.4. The second-order valence-corrected chi connectivity index (χ2v) is 5.43. The minimum Gasteiger partial charge on any atom is -0.351 e. The minimum absolute atomic E-state index is 0.0973. The van der Waals surface area contributed by atoms with Crippen molar-refractivity contribution in [3.63, 3.8) is 0 Å². The van der Waals surface area contributed by atoms with E-state index in [4.69, 9.17) is 5.73 Å². The van der Waals surface area contributed by atoms with Gasteiger partial charge in [0, 0.05) is 25.8 Å². The summed E-state index contributed by atoms with van der Waals surface area (Å²) in [4.78, 5) is 15.8. The Morgan fingerprint density at radius 3 is 2.95 bits per heavy atom. The second kappa shape index (κ2) is 9.86. The monoisotopic (exact) mass is 284 g/mol. The van der Waals surface area contributed by atoms with Gasteiger partial charge < -0.3 is 15.6 Å². The molecule has 1 aromatic rings. The number of rotatable bonds is 10. The lowest BCUT2D eigenvalue weighted by Crippen LogP contribution is -2.24. The molecular weight excluding hydrogens is 260 g/mol. The molecule has 1 rings (SSSR count). The number of nitrogens with one attached hydrogen (secondary N) is 1. The Kier molecular flexibility index (Phi) is 8.33. The molecule has 0 aromatic carbocycles. The van der Waals surface area contributed by atoms with Gasteiger partial charge in [0.1, 0.15) is 5.69 Å². The van der Waals surface area contributed by atoms with E-state index in [2.05, 4.69) is 16.6 Å². The predicted molar refractivity (Wildman–Crippen MR) is 80.5 cm³/mol. The number of hydrogen-bond acceptors (Lipinski definition) is 4. The minimum atomic E-state index is -0.0973. The zero-order valence-electron chi connectivity index (χ0n) is 11.6. The molecule has 1 aromatic heterocycles. The van der Waals surface area contributed by atoms with Gasteiger partial charge in [-0.2, -0.15) is 11.8 Å². The van der Waals surface area contributed by atoms with Crippen LogP contribution in [0, 0.1) is 0 Å². The number of thioether (sulfide) groups is 1. The van der Waals surface area contributed by atoms with E-state index in [1.165, 1.54) is 25.0 Å². The molecule has 0 aliphatic rings. The quantitative estimate of drug-likeness (QED) is 0.639. The molecule has 5 nitrogen and oxygen atoms in total. The number of carbonyl (C=O) groups is 1. The van der Waals surface area contributed by atoms with Gasteiger partial charge in [-0.25, -0.2) is 4.98 Å². The summed E-state index contributed by atoms with van der Waals surface area (Å²) in [6.07, 6.45) is 10.2. The molecular formula is C13H24N4OS. The van der Waals surface area contributed by atoms with Crippen LogP contribution in [-0.2, 0) is 6.54 Å². The van der Waals surface area contributed by atoms with Crippen molar-refractivity contribution in [1.82, 2.24) is 14.9 Å². The van der Waals surface area contributed by atoms with Gasteiger partial charge in [-0.15, -0.1) is 0 Å². The molecule has 19 heavy (non-hydrogen) atoms. The predicted octanol–water partition coefficient (Wildman–Crippen LogP) is 1.49. The van der Waals surface area contributed by atoms with Crippen molar-refractivity contribution in [1.29, 1.82) is 0 Å². The average Bonchev–Trinajstić information content (AvgIpc) is 2.87. The van der Waals surface area contributed by atoms with E-state index in [9.17, 15) is 4.79 Å². The van der Waals surface area contributed by atoms with Crippen molar-refractivity contribution in [2.75, 3.05) is 25.1 Å². The molecule has 1 heterocycles. The number of aromatic nitrogens is 2. The molecule has 1 amide bonds. The standard InChI is InChI=1S/C13H24N4OS/c1-19-9-5-3-2-4-7-15-13(18)12-10-17(8-6-14)11-16-12/h10-11H,2-9,14H2,1H3,(H,15,18). The van der Waals surface area contributed by atoms with E-state index in [0.29, 0.717) is 18.8 Å². The fourth-order valence-electron chi connectivity index (χ4n) is 1.77. The first-order valence-corrected chi connectivity index (χ1v) is 8.16. The van der Waals surface area contributed by atoms with Crippen molar-refractivity contribution in [2.24, 2.45) is 5.73 Å². The van der Waals surface area contributed by atoms with Crippen LogP contribution < -0.4 is 11.1 Å². The van der Waals surface area contributed by atoms with Gasteiger partial charge in [0.05, 0.1) is 6.33 Å². The Labute approximate surface area is 119 Å². The van der Waals surface area contributed by atoms with Crippen LogP contribution >= 0.6 is 11.8 Å². The Balaban J connectivity index is 2.13. The summed E-state index contributed by atoms with van der Waals surface area (Å²) < 4.78 is 1.83. The van der Waals surface area contributed by atoms with Gasteiger partial charge in [0.25, 0.3) is 5.91 Å². The van der Waals surface area contributed by atoms with Crippen molar-refractivity contribution < 1.29 is 4.79 Å². The highest BCUT2D eigenvalue weighted by molar-refractivity contribution is 7.98. The van der Waals surface area contributed by atoms with Crippen LogP contribution in [0.5, 0.6) is 0 Å². The Morgan fingerprint density at radius 2 is 2.21 bits per heavy atom. The van der Waals surface area contributed by atoms with E-state index in [-0.39, 0.29) is 5.91 Å². The van der Waals surface area contributed by atoms with Gasteiger partial charge in [-0.05, 0) is 24.9 Å². The largest absolute Gasteiger partial charge is 0.351 e. The number of unbranched alkanes of at least 4 members (excludes halogenated alkanes) is 3. The summed E-state index contributed by atoms with van der Waals surface area (Å²) >= 11 is 1.88. The molecule has 6 heteroatoms. The molecule has 0 atom stereocenters. The smallest absolute Gasteiger partial charge is 0.271 e. The van der Waals surface area contributed by atoms with Gasteiger partial charge in [-0.1, -0.05) is 12.8 Å². The van der Waals surface area contributed by atoms with Gasteiger partial charge in [-0.3, -0.25) is 4.79 Å². The normalized spacial score (nSPS) is 10.6. The molecule has 108 valence electrons. The molecule has 0 aliphatic carbocycles. The summed E-state index contributed by atoms with van der Waals surface area (Å²) in [7, 11) is 0. The lowest BCUT2D eigenvalue weighted by atomic mass is 10.2. The maximum Gasteiger partial charge on any atom is 0.271 e. The molecule has 0 fully saturated rings. The third kappa shape index (κ3) is 6.63. The van der Waals surface area contributed by atoms with Crippen LogP contribution in [0.1, 0.15) is 36.2 Å². The van der Waals surface area contributed by atoms with E-state index < -0.39 is 0 Å². The lowest BCUT2D eigenvalue weighted by Gasteiger charge is -2.03. The van der Waals surface area contributed by atoms with Gasteiger partial charge in [0.2, 0.25) is 0 Å². The maximum absolute atomic E-state index is 11.8. The first-order valence-electron chi connectivity index (χ1n) is 6.77. The molecule has 0 saturated heterocycles. The van der Waals surface area contributed by atoms with Crippen LogP contribution in [0.2, 0.25) is 0 Å². The van der Waals surface area contributed by atoms with Crippen molar-refractivity contribution in [2.45, 2.75) is 32.2 Å². The van der Waals surface area contributed by atoms with Gasteiger partial charge >= 0.3 is 0 Å². The second-order valence-electron chi connectivity index (χ2n) is 4.45. The van der Waals surface area contributed by atoms with E-state index in [0.717, 1.165) is 13.0 Å². The number of carbonyl (C=O) groups excluding carboxylic acids is 1. The van der Waals surface area contributed by atoms with Crippen LogP contribution in [0.15, 0.2) is 12.5 Å². The molecule has 0 saturated carbocycles. The van der Waals surface area contributed by atoms with E-state index in [1.807, 2.05) is 16.3 Å². The number of nitrogens with zero attached hydrogens (tertiary/aromatic N) is 2. The van der Waals surface area contributed by atoms with Crippen LogP contribution in [0.25, 0.3) is 0 Å². The lowest BCUT2D eigenvalue weighted by molar-refractivity contribution is 0.0948. The number of hydrogen-bond donors (Lipinski definition) is 2. The molecule has 0 bridgehead atoms. The zero-order chi connectivity index (χ0) is 13.9. The molecule has 0 unspecified atom stereocenters. The van der Waals surface area contributed by atoms with Crippen molar-refractivity contribution in [3.8, 4) is 0 Å². The van der Waals surface area contributed by atoms with Gasteiger partial charge in [0.15, 0.2) is 0 Å². The Morgan fingerprint density at radius 1 is 1.42 bits per heavy atom. The SMILES string of the molecule is CSCCCCCCNC(=O)c1cn(CCN)cn1. The molecule has 0 radical (unpaired) electrons. The third-order valence-corrected chi connectivity index (χ3v) is 3.51. The first-order chi connectivity index (χ1) is 9.27. The number of nitrogens with two attached hydrogens (primary N) is 1. The van der Waals surface area contributed by atoms with Crippen LogP contribution in [-0.4, -0.2) is 40.6 Å². The maximum atomic E-state index is 11.8. The summed E-state index contributed by atoms with van der Waals surface area (Å²) in [6, 6.07) is 0. The number of imidazole rings is 1. The number of amides is 1. The topological polar surface area (TPSA) is 72.9 Å². The first kappa shape index (κ1) is 16.0. The summed E-state index contributed by atoms with van der Waals surface area (Å²) in [5.41, 5.74) is 5.91. The fraction of sp³-hybridized carbons (Fsp3) is 0.692. The Hall–Kier alpha value is -1.01. The van der Waals surface area contributed by atoms with Crippen molar-refractivity contribution >= 4 is 17.7 Å². The average molecular weight is 284 g/mol. The van der Waals surface area contributed by atoms with Crippen LogP contribution in [0.3, 0.4) is 0 Å². The molecule has 0 aliphatic heterocycles. The molecule has 3 N–H and O–H groups in total. The highest BCUT2D eigenvalue weighted by Crippen LogP contribution is 2.04. The van der Waals surface area contributed by atoms with Crippen LogP contribution in [0.4, 0.5) is 0 Å². The Bertz CT molecular complexity index is 367. The highest BCUT2D eigenvalue weighted by Gasteiger charge is 2.07. The fourth-order valence-corrected chi connectivity index (χ4v) is 2.26.